The zero-order valence-corrected chi connectivity index (χ0v) is 15.7. The molecule has 0 radical (unpaired) electrons. The minimum atomic E-state index is -0.207. The van der Waals surface area contributed by atoms with Gasteiger partial charge in [0.2, 0.25) is 0 Å². The minimum Gasteiger partial charge on any atom is -0.322 e. The summed E-state index contributed by atoms with van der Waals surface area (Å²) in [5.74, 6) is -0.398. The van der Waals surface area contributed by atoms with Crippen LogP contribution in [0.5, 0.6) is 0 Å². The highest BCUT2D eigenvalue weighted by molar-refractivity contribution is 9.10. The Morgan fingerprint density at radius 1 is 0.731 bits per heavy atom. The third kappa shape index (κ3) is 4.18. The van der Waals surface area contributed by atoms with Crippen LogP contribution in [0.2, 0.25) is 0 Å². The van der Waals surface area contributed by atoms with Gasteiger partial charge in [-0.2, -0.15) is 0 Å². The summed E-state index contributed by atoms with van der Waals surface area (Å²) in [4.78, 5) is 24.8. The molecule has 3 rings (SSSR count). The first-order valence-electron chi connectivity index (χ1n) is 8.07. The standard InChI is InChI=1S/C21H17BrN2O2/c1-14-18(23-20(25)15-7-3-2-4-8-15)11-6-12-19(14)24-21(26)16-9-5-10-17(22)13-16/h2-13H,1H3,(H,23,25)(H,24,26). The predicted octanol–water partition coefficient (Wildman–Crippen LogP) is 5.26. The minimum absolute atomic E-state index is 0.191. The van der Waals surface area contributed by atoms with Crippen molar-refractivity contribution in [2.24, 2.45) is 0 Å². The van der Waals surface area contributed by atoms with Gasteiger partial charge in [-0.05, 0) is 55.0 Å². The third-order valence-corrected chi connectivity index (χ3v) is 4.45. The first-order chi connectivity index (χ1) is 12.5. The van der Waals surface area contributed by atoms with Crippen molar-refractivity contribution in [3.05, 3.63) is 94.0 Å². The maximum Gasteiger partial charge on any atom is 0.255 e. The van der Waals surface area contributed by atoms with E-state index in [2.05, 4.69) is 26.6 Å². The summed E-state index contributed by atoms with van der Waals surface area (Å²) in [6.45, 7) is 1.86. The molecule has 0 bridgehead atoms. The molecule has 26 heavy (non-hydrogen) atoms. The number of anilines is 2. The van der Waals surface area contributed by atoms with Gasteiger partial charge in [-0.1, -0.05) is 46.3 Å². The van der Waals surface area contributed by atoms with Crippen LogP contribution in [0.25, 0.3) is 0 Å². The molecule has 2 N–H and O–H groups in total. The lowest BCUT2D eigenvalue weighted by atomic mass is 10.1. The summed E-state index contributed by atoms with van der Waals surface area (Å²) in [5, 5.41) is 5.79. The summed E-state index contributed by atoms with van der Waals surface area (Å²) >= 11 is 3.36. The molecule has 0 saturated heterocycles. The predicted molar refractivity (Wildman–Crippen MR) is 108 cm³/mol. The number of rotatable bonds is 4. The van der Waals surface area contributed by atoms with Crippen LogP contribution < -0.4 is 10.6 Å². The van der Waals surface area contributed by atoms with Gasteiger partial charge in [0.05, 0.1) is 0 Å². The summed E-state index contributed by atoms with van der Waals surface area (Å²) in [6, 6.07) is 21.6. The van der Waals surface area contributed by atoms with Gasteiger partial charge < -0.3 is 10.6 Å². The van der Waals surface area contributed by atoms with E-state index in [9.17, 15) is 9.59 Å². The van der Waals surface area contributed by atoms with Crippen molar-refractivity contribution in [1.29, 1.82) is 0 Å². The van der Waals surface area contributed by atoms with E-state index in [1.165, 1.54) is 0 Å². The maximum atomic E-state index is 12.5. The smallest absolute Gasteiger partial charge is 0.255 e. The normalized spacial score (nSPS) is 10.2. The topological polar surface area (TPSA) is 58.2 Å². The van der Waals surface area contributed by atoms with E-state index in [1.807, 2.05) is 49.4 Å². The largest absolute Gasteiger partial charge is 0.322 e. The van der Waals surface area contributed by atoms with E-state index in [0.29, 0.717) is 22.5 Å². The van der Waals surface area contributed by atoms with Gasteiger partial charge in [0, 0.05) is 27.0 Å². The quantitative estimate of drug-likeness (QED) is 0.618. The van der Waals surface area contributed by atoms with E-state index in [1.54, 1.807) is 30.3 Å². The molecule has 0 aromatic heterocycles. The van der Waals surface area contributed by atoms with Crippen molar-refractivity contribution < 1.29 is 9.59 Å². The Morgan fingerprint density at radius 3 is 1.88 bits per heavy atom. The second kappa shape index (κ2) is 7.97. The molecule has 0 unspecified atom stereocenters. The molecule has 0 aliphatic rings. The molecule has 0 fully saturated rings. The highest BCUT2D eigenvalue weighted by Gasteiger charge is 2.12. The number of halogens is 1. The molecule has 0 spiro atoms. The Kier molecular flexibility index (Phi) is 5.49. The fraction of sp³-hybridized carbons (Fsp3) is 0.0476. The van der Waals surface area contributed by atoms with Gasteiger partial charge in [0.15, 0.2) is 0 Å². The third-order valence-electron chi connectivity index (χ3n) is 3.95. The Balaban J connectivity index is 1.79. The summed E-state index contributed by atoms with van der Waals surface area (Å²) in [6.07, 6.45) is 0. The first-order valence-corrected chi connectivity index (χ1v) is 8.87. The van der Waals surface area contributed by atoms with E-state index in [-0.39, 0.29) is 11.8 Å². The van der Waals surface area contributed by atoms with Crippen molar-refractivity contribution >= 4 is 39.1 Å². The van der Waals surface area contributed by atoms with Crippen molar-refractivity contribution in [3.8, 4) is 0 Å². The van der Waals surface area contributed by atoms with E-state index < -0.39 is 0 Å². The number of amides is 2. The second-order valence-corrected chi connectivity index (χ2v) is 6.68. The molecule has 0 heterocycles. The zero-order chi connectivity index (χ0) is 18.5. The monoisotopic (exact) mass is 408 g/mol. The number of carbonyl (C=O) groups is 2. The van der Waals surface area contributed by atoms with Crippen LogP contribution >= 0.6 is 15.9 Å². The molecule has 0 saturated carbocycles. The number of hydrogen-bond donors (Lipinski definition) is 2. The Hall–Kier alpha value is -2.92. The molecule has 0 atom stereocenters. The summed E-state index contributed by atoms with van der Waals surface area (Å²) < 4.78 is 0.839. The van der Waals surface area contributed by atoms with Gasteiger partial charge in [-0.25, -0.2) is 0 Å². The lowest BCUT2D eigenvalue weighted by Crippen LogP contribution is -2.15. The second-order valence-electron chi connectivity index (χ2n) is 5.76. The summed E-state index contributed by atoms with van der Waals surface area (Å²) in [7, 11) is 0. The van der Waals surface area contributed by atoms with Gasteiger partial charge >= 0.3 is 0 Å². The average molecular weight is 409 g/mol. The van der Waals surface area contributed by atoms with Crippen LogP contribution in [0.3, 0.4) is 0 Å². The van der Waals surface area contributed by atoms with Crippen LogP contribution in [-0.4, -0.2) is 11.8 Å². The fourth-order valence-corrected chi connectivity index (χ4v) is 2.91. The van der Waals surface area contributed by atoms with Gasteiger partial charge in [0.1, 0.15) is 0 Å². The molecule has 5 heteroatoms. The van der Waals surface area contributed by atoms with Crippen molar-refractivity contribution in [2.45, 2.75) is 6.92 Å². The van der Waals surface area contributed by atoms with Gasteiger partial charge in [-0.3, -0.25) is 9.59 Å². The molecule has 4 nitrogen and oxygen atoms in total. The fourth-order valence-electron chi connectivity index (χ4n) is 2.51. The zero-order valence-electron chi connectivity index (χ0n) is 14.1. The van der Waals surface area contributed by atoms with E-state index in [0.717, 1.165) is 10.0 Å². The molecule has 3 aromatic rings. The van der Waals surface area contributed by atoms with Crippen LogP contribution in [0.15, 0.2) is 77.3 Å². The number of benzene rings is 3. The Bertz CT molecular complexity index is 955. The van der Waals surface area contributed by atoms with E-state index in [4.69, 9.17) is 0 Å². The van der Waals surface area contributed by atoms with E-state index >= 15 is 0 Å². The van der Waals surface area contributed by atoms with Crippen LogP contribution in [0, 0.1) is 6.92 Å². The lowest BCUT2D eigenvalue weighted by molar-refractivity contribution is 0.101. The number of carbonyl (C=O) groups excluding carboxylic acids is 2. The van der Waals surface area contributed by atoms with Crippen LogP contribution in [-0.2, 0) is 0 Å². The van der Waals surface area contributed by atoms with Crippen molar-refractivity contribution in [3.63, 3.8) is 0 Å². The summed E-state index contributed by atoms with van der Waals surface area (Å²) in [5.41, 5.74) is 3.24. The molecular weight excluding hydrogens is 392 g/mol. The molecular formula is C21H17BrN2O2. The van der Waals surface area contributed by atoms with Crippen molar-refractivity contribution in [2.75, 3.05) is 10.6 Å². The highest BCUT2D eigenvalue weighted by atomic mass is 79.9. The molecule has 3 aromatic carbocycles. The van der Waals surface area contributed by atoms with Gasteiger partial charge in [0.25, 0.3) is 11.8 Å². The first kappa shape index (κ1) is 17.9. The van der Waals surface area contributed by atoms with Gasteiger partial charge in [-0.15, -0.1) is 0 Å². The number of hydrogen-bond acceptors (Lipinski definition) is 2. The molecule has 130 valence electrons. The van der Waals surface area contributed by atoms with Crippen LogP contribution in [0.1, 0.15) is 26.3 Å². The molecule has 0 aliphatic heterocycles. The lowest BCUT2D eigenvalue weighted by Gasteiger charge is -2.14. The SMILES string of the molecule is Cc1c(NC(=O)c2ccccc2)cccc1NC(=O)c1cccc(Br)c1. The Morgan fingerprint density at radius 2 is 1.27 bits per heavy atom. The highest BCUT2D eigenvalue weighted by Crippen LogP contribution is 2.25. The Labute approximate surface area is 160 Å². The molecule has 0 aliphatic carbocycles. The van der Waals surface area contributed by atoms with Crippen LogP contribution in [0.4, 0.5) is 11.4 Å². The maximum absolute atomic E-state index is 12.5. The average Bonchev–Trinajstić information content (AvgIpc) is 2.65. The number of nitrogens with one attached hydrogen (secondary N) is 2. The van der Waals surface area contributed by atoms with Crippen molar-refractivity contribution in [1.82, 2.24) is 0 Å². The molecule has 2 amide bonds.